The minimum atomic E-state index is -0.0109. The Labute approximate surface area is 174 Å². The van der Waals surface area contributed by atoms with E-state index >= 15 is 0 Å². The molecule has 28 heavy (non-hydrogen) atoms. The van der Waals surface area contributed by atoms with Gasteiger partial charge in [-0.3, -0.25) is 4.79 Å². The zero-order valence-electron chi connectivity index (χ0n) is 18.5. The number of carbonyl (C=O) groups excluding carboxylic acids is 1. The summed E-state index contributed by atoms with van der Waals surface area (Å²) in [5.41, 5.74) is 0. The van der Waals surface area contributed by atoms with Gasteiger partial charge in [-0.2, -0.15) is 0 Å². The summed E-state index contributed by atoms with van der Waals surface area (Å²) in [7, 11) is 0. The molecule has 0 aromatic heterocycles. The van der Waals surface area contributed by atoms with Crippen LogP contribution in [0, 0.1) is 0 Å². The van der Waals surface area contributed by atoms with Crippen molar-refractivity contribution in [3.63, 3.8) is 0 Å². The molecule has 0 aliphatic heterocycles. The molecular formula is C26H44O2. The van der Waals surface area contributed by atoms with E-state index in [-0.39, 0.29) is 5.97 Å². The highest BCUT2D eigenvalue weighted by atomic mass is 16.5. The van der Waals surface area contributed by atoms with Gasteiger partial charge in [0, 0.05) is 6.42 Å². The molecule has 0 aliphatic carbocycles. The monoisotopic (exact) mass is 388 g/mol. The van der Waals surface area contributed by atoms with Crippen molar-refractivity contribution in [2.75, 3.05) is 6.61 Å². The SMILES string of the molecule is C/C=C/C=C\CCCCCCCCC(=O)OCCCCCCC/C=C\C=C\C. The van der Waals surface area contributed by atoms with Crippen LogP contribution in [-0.2, 0) is 9.53 Å². The summed E-state index contributed by atoms with van der Waals surface area (Å²) in [4.78, 5) is 11.7. The highest BCUT2D eigenvalue weighted by Crippen LogP contribution is 2.10. The second kappa shape index (κ2) is 23.5. The number of unbranched alkanes of at least 4 members (excludes halogenated alkanes) is 11. The topological polar surface area (TPSA) is 26.3 Å². The van der Waals surface area contributed by atoms with E-state index in [2.05, 4.69) is 42.5 Å². The van der Waals surface area contributed by atoms with Crippen molar-refractivity contribution in [3.8, 4) is 0 Å². The van der Waals surface area contributed by atoms with E-state index in [0.717, 1.165) is 32.1 Å². The first-order valence-corrected chi connectivity index (χ1v) is 11.5. The Morgan fingerprint density at radius 2 is 1.07 bits per heavy atom. The van der Waals surface area contributed by atoms with Crippen molar-refractivity contribution in [2.24, 2.45) is 0 Å². The van der Waals surface area contributed by atoms with Gasteiger partial charge in [0.2, 0.25) is 0 Å². The molecule has 0 N–H and O–H groups in total. The lowest BCUT2D eigenvalue weighted by Crippen LogP contribution is -2.05. The van der Waals surface area contributed by atoms with Gasteiger partial charge >= 0.3 is 5.97 Å². The van der Waals surface area contributed by atoms with E-state index < -0.39 is 0 Å². The van der Waals surface area contributed by atoms with Gasteiger partial charge in [0.1, 0.15) is 0 Å². The van der Waals surface area contributed by atoms with E-state index in [1.807, 2.05) is 19.9 Å². The fourth-order valence-corrected chi connectivity index (χ4v) is 2.96. The predicted molar refractivity (Wildman–Crippen MR) is 124 cm³/mol. The first-order chi connectivity index (χ1) is 13.8. The summed E-state index contributed by atoms with van der Waals surface area (Å²) in [5, 5.41) is 0. The molecule has 0 unspecified atom stereocenters. The molecule has 0 atom stereocenters. The summed E-state index contributed by atoms with van der Waals surface area (Å²) in [6.45, 7) is 4.67. The van der Waals surface area contributed by atoms with Crippen molar-refractivity contribution in [2.45, 2.75) is 104 Å². The van der Waals surface area contributed by atoms with Crippen LogP contribution >= 0.6 is 0 Å². The zero-order valence-corrected chi connectivity index (χ0v) is 18.5. The highest BCUT2D eigenvalue weighted by Gasteiger charge is 2.02. The van der Waals surface area contributed by atoms with Crippen LogP contribution in [0.25, 0.3) is 0 Å². The van der Waals surface area contributed by atoms with Crippen molar-refractivity contribution < 1.29 is 9.53 Å². The molecular weight excluding hydrogens is 344 g/mol. The third-order valence-corrected chi connectivity index (χ3v) is 4.66. The number of ether oxygens (including phenoxy) is 1. The lowest BCUT2D eigenvalue weighted by Gasteiger charge is -2.05. The van der Waals surface area contributed by atoms with E-state index in [4.69, 9.17) is 4.74 Å². The van der Waals surface area contributed by atoms with Gasteiger partial charge in [0.25, 0.3) is 0 Å². The van der Waals surface area contributed by atoms with Crippen LogP contribution in [0.2, 0.25) is 0 Å². The molecule has 0 rings (SSSR count). The molecule has 2 nitrogen and oxygen atoms in total. The second-order valence-electron chi connectivity index (χ2n) is 7.34. The summed E-state index contributed by atoms with van der Waals surface area (Å²) in [5.74, 6) is -0.0109. The first-order valence-electron chi connectivity index (χ1n) is 11.5. The molecule has 0 fully saturated rings. The van der Waals surface area contributed by atoms with Crippen molar-refractivity contribution in [3.05, 3.63) is 48.6 Å². The van der Waals surface area contributed by atoms with Crippen molar-refractivity contribution in [1.29, 1.82) is 0 Å². The number of esters is 1. The highest BCUT2D eigenvalue weighted by molar-refractivity contribution is 5.69. The number of carbonyl (C=O) groups is 1. The van der Waals surface area contributed by atoms with Gasteiger partial charge < -0.3 is 4.74 Å². The van der Waals surface area contributed by atoms with E-state index in [1.165, 1.54) is 51.4 Å². The summed E-state index contributed by atoms with van der Waals surface area (Å²) < 4.78 is 5.34. The van der Waals surface area contributed by atoms with E-state index in [9.17, 15) is 4.79 Å². The van der Waals surface area contributed by atoms with Crippen molar-refractivity contribution in [1.82, 2.24) is 0 Å². The fourth-order valence-electron chi connectivity index (χ4n) is 2.96. The average Bonchev–Trinajstić information content (AvgIpc) is 2.70. The molecule has 0 aliphatic rings. The molecule has 0 aromatic carbocycles. The fraction of sp³-hybridized carbons (Fsp3) is 0.654. The van der Waals surface area contributed by atoms with Crippen molar-refractivity contribution >= 4 is 5.97 Å². The molecule has 0 radical (unpaired) electrons. The maximum atomic E-state index is 11.7. The molecule has 0 aromatic rings. The molecule has 0 saturated heterocycles. The molecule has 2 heteroatoms. The van der Waals surface area contributed by atoms with E-state index in [0.29, 0.717) is 13.0 Å². The molecule has 0 bridgehead atoms. The molecule has 0 amide bonds. The van der Waals surface area contributed by atoms with Crippen LogP contribution < -0.4 is 0 Å². The second-order valence-corrected chi connectivity index (χ2v) is 7.34. The molecule has 160 valence electrons. The molecule has 0 saturated carbocycles. The number of hydrogen-bond acceptors (Lipinski definition) is 2. The van der Waals surface area contributed by atoms with Crippen LogP contribution in [0.5, 0.6) is 0 Å². The van der Waals surface area contributed by atoms with Gasteiger partial charge in [-0.15, -0.1) is 0 Å². The smallest absolute Gasteiger partial charge is 0.305 e. The lowest BCUT2D eigenvalue weighted by atomic mass is 10.1. The molecule has 0 heterocycles. The predicted octanol–water partition coefficient (Wildman–Crippen LogP) is 8.26. The summed E-state index contributed by atoms with van der Waals surface area (Å²) >= 11 is 0. The summed E-state index contributed by atoms with van der Waals surface area (Å²) in [6.07, 6.45) is 33.0. The average molecular weight is 389 g/mol. The summed E-state index contributed by atoms with van der Waals surface area (Å²) in [6, 6.07) is 0. The minimum Gasteiger partial charge on any atom is -0.466 e. The Hall–Kier alpha value is -1.57. The van der Waals surface area contributed by atoms with Crippen LogP contribution in [0.1, 0.15) is 104 Å². The van der Waals surface area contributed by atoms with Crippen LogP contribution in [0.15, 0.2) is 48.6 Å². The number of allylic oxidation sites excluding steroid dienone is 8. The maximum Gasteiger partial charge on any atom is 0.305 e. The number of rotatable bonds is 19. The Balaban J connectivity index is 3.25. The third kappa shape index (κ3) is 22.5. The number of hydrogen-bond donors (Lipinski definition) is 0. The van der Waals surface area contributed by atoms with Gasteiger partial charge in [0.15, 0.2) is 0 Å². The maximum absolute atomic E-state index is 11.7. The Bertz CT molecular complexity index is 403. The van der Waals surface area contributed by atoms with Gasteiger partial charge in [0.05, 0.1) is 6.61 Å². The lowest BCUT2D eigenvalue weighted by molar-refractivity contribution is -0.143. The van der Waals surface area contributed by atoms with Crippen LogP contribution in [0.4, 0.5) is 0 Å². The third-order valence-electron chi connectivity index (χ3n) is 4.66. The Kier molecular flexibility index (Phi) is 22.2. The van der Waals surface area contributed by atoms with Crippen LogP contribution in [-0.4, -0.2) is 12.6 Å². The minimum absolute atomic E-state index is 0.0109. The zero-order chi connectivity index (χ0) is 20.5. The molecule has 0 spiro atoms. The van der Waals surface area contributed by atoms with E-state index in [1.54, 1.807) is 0 Å². The Morgan fingerprint density at radius 1 is 0.607 bits per heavy atom. The quantitative estimate of drug-likeness (QED) is 0.126. The Morgan fingerprint density at radius 3 is 1.61 bits per heavy atom. The van der Waals surface area contributed by atoms with Gasteiger partial charge in [-0.1, -0.05) is 93.6 Å². The van der Waals surface area contributed by atoms with Gasteiger partial charge in [-0.25, -0.2) is 0 Å². The van der Waals surface area contributed by atoms with Gasteiger partial charge in [-0.05, 0) is 52.4 Å². The largest absolute Gasteiger partial charge is 0.466 e. The standard InChI is InChI=1S/C26H44O2/c1-3-5-7-9-11-13-15-16-18-20-22-24-26(27)28-25-23-21-19-17-14-12-10-8-6-4-2/h3-10H,11-25H2,1-2H3/b5-3+,6-4+,9-7-,10-8-. The first kappa shape index (κ1) is 26.4. The normalized spacial score (nSPS) is 12.2. The van der Waals surface area contributed by atoms with Crippen LogP contribution in [0.3, 0.4) is 0 Å².